The second-order valence-electron chi connectivity index (χ2n) is 18.5. The minimum atomic E-state index is -1.21. The van der Waals surface area contributed by atoms with Gasteiger partial charge in [-0.2, -0.15) is 0 Å². The molecule has 1 saturated heterocycles. The van der Waals surface area contributed by atoms with Crippen LogP contribution >= 0.6 is 0 Å². The van der Waals surface area contributed by atoms with E-state index >= 15 is 0 Å². The maximum Gasteiger partial charge on any atom is 0.326 e. The zero-order chi connectivity index (χ0) is 49.4. The van der Waals surface area contributed by atoms with E-state index in [0.717, 1.165) is 10.9 Å². The monoisotopic (exact) mass is 925 g/mol. The molecule has 8 amide bonds. The number of nitrogens with one attached hydrogen (secondary N) is 8. The molecule has 20 heteroatoms. The van der Waals surface area contributed by atoms with Crippen molar-refractivity contribution in [3.8, 4) is 0 Å². The van der Waals surface area contributed by atoms with Crippen molar-refractivity contribution in [1.82, 2.24) is 47.1 Å². The number of benzene rings is 1. The molecule has 3 rings (SSSR count). The molecule has 0 saturated carbocycles. The van der Waals surface area contributed by atoms with Crippen molar-refractivity contribution in [2.75, 3.05) is 19.6 Å². The summed E-state index contributed by atoms with van der Waals surface area (Å²) in [6.45, 7) is 15.2. The first-order valence-corrected chi connectivity index (χ1v) is 22.9. The van der Waals surface area contributed by atoms with Gasteiger partial charge < -0.3 is 57.9 Å². The van der Waals surface area contributed by atoms with Gasteiger partial charge in [-0.15, -0.1) is 0 Å². The number of carbonyl (C=O) groups is 9. The molecule has 0 radical (unpaired) electrons. The van der Waals surface area contributed by atoms with E-state index in [-0.39, 0.29) is 42.9 Å². The van der Waals surface area contributed by atoms with E-state index in [1.807, 2.05) is 65.8 Å². The Morgan fingerprint density at radius 2 is 1.35 bits per heavy atom. The number of carboxylic acids is 1. The average Bonchev–Trinajstić information content (AvgIpc) is 3.92. The molecular formula is C46H72N10O10. The summed E-state index contributed by atoms with van der Waals surface area (Å²) < 4.78 is 0. The van der Waals surface area contributed by atoms with E-state index < -0.39 is 109 Å². The molecule has 1 aromatic carbocycles. The van der Waals surface area contributed by atoms with Crippen LogP contribution in [0.3, 0.4) is 0 Å². The Hall–Kier alpha value is -6.05. The average molecular weight is 925 g/mol. The summed E-state index contributed by atoms with van der Waals surface area (Å²) >= 11 is 0. The number of rotatable bonds is 25. The zero-order valence-electron chi connectivity index (χ0n) is 39.7. The van der Waals surface area contributed by atoms with Crippen LogP contribution in [0.1, 0.15) is 100.0 Å². The third-order valence-corrected chi connectivity index (χ3v) is 11.7. The van der Waals surface area contributed by atoms with Gasteiger partial charge in [0, 0.05) is 30.1 Å². The van der Waals surface area contributed by atoms with E-state index in [1.54, 1.807) is 20.0 Å². The number of carbonyl (C=O) groups excluding carboxylic acids is 8. The van der Waals surface area contributed by atoms with Crippen molar-refractivity contribution in [3.05, 3.63) is 36.0 Å². The van der Waals surface area contributed by atoms with Crippen LogP contribution in [-0.4, -0.2) is 130 Å². The predicted octanol–water partition coefficient (Wildman–Crippen LogP) is 0.584. The highest BCUT2D eigenvalue weighted by Gasteiger charge is 2.37. The van der Waals surface area contributed by atoms with Crippen molar-refractivity contribution < 1.29 is 48.3 Å². The van der Waals surface area contributed by atoms with Crippen molar-refractivity contribution in [2.24, 2.45) is 29.4 Å². The molecule has 2 heterocycles. The Morgan fingerprint density at radius 1 is 0.742 bits per heavy atom. The van der Waals surface area contributed by atoms with Gasteiger partial charge >= 0.3 is 5.97 Å². The lowest BCUT2D eigenvalue weighted by Crippen LogP contribution is -2.58. The molecule has 0 bridgehead atoms. The highest BCUT2D eigenvalue weighted by Crippen LogP contribution is 2.21. The first kappa shape index (κ1) is 54.3. The number of hydrogen-bond acceptors (Lipinski definition) is 10. The molecule has 1 aliphatic heterocycles. The largest absolute Gasteiger partial charge is 0.480 e. The van der Waals surface area contributed by atoms with Gasteiger partial charge in [-0.05, 0) is 67.9 Å². The molecule has 2 aromatic rings. The van der Waals surface area contributed by atoms with Gasteiger partial charge in [-0.1, -0.05) is 80.0 Å². The first-order valence-electron chi connectivity index (χ1n) is 22.9. The lowest BCUT2D eigenvalue weighted by atomic mass is 9.97. The summed E-state index contributed by atoms with van der Waals surface area (Å²) in [4.78, 5) is 123. The summed E-state index contributed by atoms with van der Waals surface area (Å²) in [6.07, 6.45) is 3.54. The molecule has 1 aromatic heterocycles. The number of amides is 8. The molecule has 0 unspecified atom stereocenters. The summed E-state index contributed by atoms with van der Waals surface area (Å²) in [7, 11) is 0. The van der Waals surface area contributed by atoms with E-state index in [9.17, 15) is 48.3 Å². The van der Waals surface area contributed by atoms with E-state index in [1.165, 1.54) is 11.8 Å². The number of hydrogen-bond donors (Lipinski definition) is 10. The third kappa shape index (κ3) is 16.1. The van der Waals surface area contributed by atoms with Crippen molar-refractivity contribution in [1.29, 1.82) is 0 Å². The number of nitrogens with two attached hydrogens (primary N) is 1. The number of likely N-dealkylation sites (tertiary alicyclic amines) is 1. The topological polar surface area (TPSA) is 303 Å². The van der Waals surface area contributed by atoms with Gasteiger partial charge in [-0.25, -0.2) is 4.79 Å². The number of aromatic nitrogens is 1. The smallest absolute Gasteiger partial charge is 0.326 e. The van der Waals surface area contributed by atoms with Gasteiger partial charge in [0.1, 0.15) is 36.3 Å². The number of nitrogens with zero attached hydrogens (tertiary/aromatic N) is 1. The van der Waals surface area contributed by atoms with Crippen LogP contribution in [0.15, 0.2) is 30.5 Å². The second-order valence-corrected chi connectivity index (χ2v) is 18.5. The number of carboxylic acid groups (broad SMARTS) is 1. The highest BCUT2D eigenvalue weighted by atomic mass is 16.4. The minimum Gasteiger partial charge on any atom is -0.480 e. The van der Waals surface area contributed by atoms with Crippen molar-refractivity contribution in [2.45, 2.75) is 143 Å². The van der Waals surface area contributed by atoms with Gasteiger partial charge in [0.25, 0.3) is 0 Å². The molecule has 8 atom stereocenters. The Morgan fingerprint density at radius 3 is 1.97 bits per heavy atom. The van der Waals surface area contributed by atoms with E-state index in [0.29, 0.717) is 31.4 Å². The lowest BCUT2D eigenvalue weighted by molar-refractivity contribution is -0.143. The standard InChI is InChI=1S/C46H72N10O10/c1-10-27(8)39(44(63)51-28(9)40(59)53-32(18-24(2)3)42(61)54-34(46(65)66)19-25(4)5)55-37(58)23-49-41(60)33(20-29-21-48-31-15-12-11-14-30(29)31)52-36(57)22-50-43(62)35-16-13-17-56(35)45(64)38(47)26(6)7/h11-12,14-15,21,24-28,32-35,38-39,48H,10,13,16-20,22-23,47H2,1-9H3,(H,49,60)(H,50,62)(H,51,63)(H,52,57)(H,53,59)(H,54,61)(H,55,58)(H,65,66)/t27-,28-,32-,33-,34-,35-,38-,39-/m0/s1. The zero-order valence-corrected chi connectivity index (χ0v) is 39.7. The molecule has 1 aliphatic rings. The van der Waals surface area contributed by atoms with Crippen LogP contribution in [0.25, 0.3) is 10.9 Å². The van der Waals surface area contributed by atoms with E-state index in [4.69, 9.17) is 5.73 Å². The van der Waals surface area contributed by atoms with Crippen molar-refractivity contribution >= 4 is 64.1 Å². The SMILES string of the molecule is CC[C@H](C)[C@H](NC(=O)CNC(=O)[C@H](Cc1c[nH]c2ccccc12)NC(=O)CNC(=O)[C@@H]1CCCN1C(=O)[C@@H](N)C(C)C)C(=O)N[C@@H](C)C(=O)N[C@@H](CC(C)C)C(=O)N[C@@H](CC(C)C)C(=O)O. The summed E-state index contributed by atoms with van der Waals surface area (Å²) in [6, 6.07) is 0.0235. The fourth-order valence-electron chi connectivity index (χ4n) is 7.59. The Balaban J connectivity index is 1.67. The van der Waals surface area contributed by atoms with Crippen LogP contribution in [-0.2, 0) is 49.6 Å². The number of H-pyrrole nitrogens is 1. The van der Waals surface area contributed by atoms with Crippen molar-refractivity contribution in [3.63, 3.8) is 0 Å². The van der Waals surface area contributed by atoms with Gasteiger partial charge in [-0.3, -0.25) is 38.4 Å². The number of aliphatic carboxylic acids is 1. The maximum absolute atomic E-state index is 13.8. The molecule has 11 N–H and O–H groups in total. The van der Waals surface area contributed by atoms with Crippen LogP contribution < -0.4 is 43.0 Å². The summed E-state index contributed by atoms with van der Waals surface area (Å²) in [5, 5.41) is 28.6. The lowest BCUT2D eigenvalue weighted by Gasteiger charge is -2.28. The van der Waals surface area contributed by atoms with Crippen LogP contribution in [0.4, 0.5) is 0 Å². The highest BCUT2D eigenvalue weighted by molar-refractivity contribution is 5.97. The van der Waals surface area contributed by atoms with Gasteiger partial charge in [0.2, 0.25) is 47.3 Å². The Labute approximate surface area is 386 Å². The number of para-hydroxylation sites is 1. The Kier molecular flexibility index (Phi) is 21.0. The van der Waals surface area contributed by atoms with Crippen LogP contribution in [0.5, 0.6) is 0 Å². The Bertz CT molecular complexity index is 2040. The molecule has 366 valence electrons. The molecule has 0 spiro atoms. The fraction of sp³-hybridized carbons (Fsp3) is 0.630. The molecule has 20 nitrogen and oxygen atoms in total. The number of aromatic amines is 1. The second kappa shape index (κ2) is 25.6. The van der Waals surface area contributed by atoms with Crippen LogP contribution in [0, 0.1) is 23.7 Å². The van der Waals surface area contributed by atoms with Crippen LogP contribution in [0.2, 0.25) is 0 Å². The summed E-state index contributed by atoms with van der Waals surface area (Å²) in [5.74, 6) is -6.93. The van der Waals surface area contributed by atoms with Gasteiger partial charge in [0.15, 0.2) is 0 Å². The molecular weight excluding hydrogens is 853 g/mol. The summed E-state index contributed by atoms with van der Waals surface area (Å²) in [5.41, 5.74) is 7.57. The fourth-order valence-corrected chi connectivity index (χ4v) is 7.59. The minimum absolute atomic E-state index is 0.00473. The molecule has 1 fully saturated rings. The van der Waals surface area contributed by atoms with E-state index in [2.05, 4.69) is 42.2 Å². The van der Waals surface area contributed by atoms with Gasteiger partial charge in [0.05, 0.1) is 19.1 Å². The third-order valence-electron chi connectivity index (χ3n) is 11.7. The first-order chi connectivity index (χ1) is 31.0. The molecule has 66 heavy (non-hydrogen) atoms. The maximum atomic E-state index is 13.8. The quantitative estimate of drug-likeness (QED) is 0.0657. The number of fused-ring (bicyclic) bond motifs is 1. The molecule has 0 aliphatic carbocycles. The normalized spacial score (nSPS) is 16.9. The predicted molar refractivity (Wildman–Crippen MR) is 247 cm³/mol.